The minimum atomic E-state index is -0.209. The fraction of sp³-hybridized carbons (Fsp3) is 0.120. The molecule has 5 heteroatoms. The number of aryl methyl sites for hydroxylation is 1. The number of benzene rings is 3. The highest BCUT2D eigenvalue weighted by atomic mass is 16.5. The van der Waals surface area contributed by atoms with Crippen molar-refractivity contribution in [3.05, 3.63) is 102 Å². The molecule has 3 aromatic carbocycles. The zero-order chi connectivity index (χ0) is 20.9. The number of hydrogen-bond donors (Lipinski definition) is 1. The molecule has 0 aliphatic heterocycles. The number of rotatable bonds is 6. The van der Waals surface area contributed by atoms with Crippen LogP contribution >= 0.6 is 0 Å². The Hall–Kier alpha value is -3.86. The summed E-state index contributed by atoms with van der Waals surface area (Å²) in [7, 11) is 1.62. The monoisotopic (exact) mass is 397 g/mol. The fourth-order valence-corrected chi connectivity index (χ4v) is 3.31. The van der Waals surface area contributed by atoms with Crippen LogP contribution in [0.3, 0.4) is 0 Å². The summed E-state index contributed by atoms with van der Waals surface area (Å²) < 4.78 is 7.31. The Kier molecular flexibility index (Phi) is 5.61. The van der Waals surface area contributed by atoms with E-state index in [4.69, 9.17) is 9.84 Å². The Morgan fingerprint density at radius 1 is 0.967 bits per heavy atom. The fourth-order valence-electron chi connectivity index (χ4n) is 3.31. The third-order valence-corrected chi connectivity index (χ3v) is 4.87. The number of para-hydroxylation sites is 1. The van der Waals surface area contributed by atoms with Gasteiger partial charge in [0.05, 0.1) is 19.2 Å². The Morgan fingerprint density at radius 3 is 2.40 bits per heavy atom. The van der Waals surface area contributed by atoms with Crippen molar-refractivity contribution in [1.29, 1.82) is 0 Å². The Labute approximate surface area is 175 Å². The highest BCUT2D eigenvalue weighted by molar-refractivity contribution is 6.08. The summed E-state index contributed by atoms with van der Waals surface area (Å²) >= 11 is 0. The van der Waals surface area contributed by atoms with Crippen LogP contribution in [0.15, 0.2) is 85.1 Å². The van der Waals surface area contributed by atoms with Gasteiger partial charge >= 0.3 is 0 Å². The number of methoxy groups -OCH3 is 1. The van der Waals surface area contributed by atoms with Gasteiger partial charge in [0.1, 0.15) is 11.4 Å². The van der Waals surface area contributed by atoms with E-state index >= 15 is 0 Å². The van der Waals surface area contributed by atoms with Crippen molar-refractivity contribution in [2.24, 2.45) is 0 Å². The lowest BCUT2D eigenvalue weighted by molar-refractivity contribution is 0.102. The molecule has 4 rings (SSSR count). The molecule has 1 amide bonds. The maximum absolute atomic E-state index is 13.2. The molecule has 1 N–H and O–H groups in total. The second-order valence-electron chi connectivity index (χ2n) is 7.09. The van der Waals surface area contributed by atoms with E-state index in [1.54, 1.807) is 18.0 Å². The van der Waals surface area contributed by atoms with Crippen LogP contribution in [-0.2, 0) is 6.54 Å². The molecule has 1 aromatic heterocycles. The smallest absolute Gasteiger partial charge is 0.259 e. The van der Waals surface area contributed by atoms with E-state index in [-0.39, 0.29) is 5.91 Å². The molecule has 0 aliphatic rings. The zero-order valence-corrected chi connectivity index (χ0v) is 17.0. The van der Waals surface area contributed by atoms with Crippen LogP contribution in [0, 0.1) is 6.92 Å². The predicted octanol–water partition coefficient (Wildman–Crippen LogP) is 5.17. The topological polar surface area (TPSA) is 56.2 Å². The van der Waals surface area contributed by atoms with Gasteiger partial charge in [0, 0.05) is 17.4 Å². The number of carbonyl (C=O) groups is 1. The van der Waals surface area contributed by atoms with E-state index < -0.39 is 0 Å². The molecule has 0 fully saturated rings. The van der Waals surface area contributed by atoms with Crippen molar-refractivity contribution >= 4 is 11.6 Å². The SMILES string of the molecule is COc1ccccc1-c1nn(Cc2ccccc2)cc1C(=O)Nc1ccc(C)cc1. The minimum absolute atomic E-state index is 0.209. The maximum Gasteiger partial charge on any atom is 0.259 e. The molecule has 1 heterocycles. The Morgan fingerprint density at radius 2 is 1.67 bits per heavy atom. The van der Waals surface area contributed by atoms with E-state index in [0.29, 0.717) is 23.6 Å². The van der Waals surface area contributed by atoms with Gasteiger partial charge in [-0.15, -0.1) is 0 Å². The van der Waals surface area contributed by atoms with Gasteiger partial charge in [-0.05, 0) is 36.8 Å². The van der Waals surface area contributed by atoms with E-state index in [9.17, 15) is 4.79 Å². The molecular weight excluding hydrogens is 374 g/mol. The zero-order valence-electron chi connectivity index (χ0n) is 17.0. The van der Waals surface area contributed by atoms with Crippen molar-refractivity contribution in [3.8, 4) is 17.0 Å². The lowest BCUT2D eigenvalue weighted by Crippen LogP contribution is -2.12. The number of nitrogens with zero attached hydrogens (tertiary/aromatic N) is 2. The molecule has 4 aromatic rings. The molecule has 0 aliphatic carbocycles. The van der Waals surface area contributed by atoms with Gasteiger partial charge < -0.3 is 10.1 Å². The number of amides is 1. The number of aromatic nitrogens is 2. The molecule has 5 nitrogen and oxygen atoms in total. The first-order valence-corrected chi connectivity index (χ1v) is 9.77. The lowest BCUT2D eigenvalue weighted by Gasteiger charge is -2.08. The molecule has 0 bridgehead atoms. The number of carbonyl (C=O) groups excluding carboxylic acids is 1. The van der Waals surface area contributed by atoms with Crippen molar-refractivity contribution in [1.82, 2.24) is 9.78 Å². The van der Waals surface area contributed by atoms with E-state index in [1.165, 1.54) is 0 Å². The second-order valence-corrected chi connectivity index (χ2v) is 7.09. The third kappa shape index (κ3) is 4.25. The number of hydrogen-bond acceptors (Lipinski definition) is 3. The summed E-state index contributed by atoms with van der Waals surface area (Å²) in [6, 6.07) is 25.4. The normalized spacial score (nSPS) is 10.6. The van der Waals surface area contributed by atoms with Gasteiger partial charge in [0.2, 0.25) is 0 Å². The standard InChI is InChI=1S/C25H23N3O2/c1-18-12-14-20(15-13-18)26-25(29)22-17-28(16-19-8-4-3-5-9-19)27-24(22)21-10-6-7-11-23(21)30-2/h3-15,17H,16H2,1-2H3,(H,26,29). The largest absolute Gasteiger partial charge is 0.496 e. The summed E-state index contributed by atoms with van der Waals surface area (Å²) in [5, 5.41) is 7.71. The summed E-state index contributed by atoms with van der Waals surface area (Å²) in [5.74, 6) is 0.464. The molecule has 0 unspecified atom stereocenters. The van der Waals surface area contributed by atoms with Gasteiger partial charge in [0.25, 0.3) is 5.91 Å². The number of nitrogens with one attached hydrogen (secondary N) is 1. The molecule has 0 saturated heterocycles. The molecule has 0 radical (unpaired) electrons. The van der Waals surface area contributed by atoms with Gasteiger partial charge in [0.15, 0.2) is 0 Å². The highest BCUT2D eigenvalue weighted by Gasteiger charge is 2.21. The Bertz CT molecular complexity index is 1150. The van der Waals surface area contributed by atoms with Crippen LogP contribution in [0.2, 0.25) is 0 Å². The third-order valence-electron chi connectivity index (χ3n) is 4.87. The second kappa shape index (κ2) is 8.66. The Balaban J connectivity index is 1.73. The molecule has 30 heavy (non-hydrogen) atoms. The van der Waals surface area contributed by atoms with Gasteiger partial charge in [-0.3, -0.25) is 9.48 Å². The van der Waals surface area contributed by atoms with Crippen LogP contribution in [-0.4, -0.2) is 22.8 Å². The summed E-state index contributed by atoms with van der Waals surface area (Å²) in [6.07, 6.45) is 1.79. The van der Waals surface area contributed by atoms with Crippen LogP contribution in [0.25, 0.3) is 11.3 Å². The predicted molar refractivity (Wildman–Crippen MR) is 119 cm³/mol. The lowest BCUT2D eigenvalue weighted by atomic mass is 10.1. The maximum atomic E-state index is 13.2. The van der Waals surface area contributed by atoms with Crippen molar-refractivity contribution < 1.29 is 9.53 Å². The summed E-state index contributed by atoms with van der Waals surface area (Å²) in [6.45, 7) is 2.58. The van der Waals surface area contributed by atoms with Gasteiger partial charge in [-0.25, -0.2) is 0 Å². The van der Waals surface area contributed by atoms with E-state index in [1.807, 2.05) is 85.8 Å². The highest BCUT2D eigenvalue weighted by Crippen LogP contribution is 2.31. The average Bonchev–Trinajstić information content (AvgIpc) is 3.19. The van der Waals surface area contributed by atoms with Crippen LogP contribution < -0.4 is 10.1 Å². The van der Waals surface area contributed by atoms with Gasteiger partial charge in [-0.2, -0.15) is 5.10 Å². The molecule has 150 valence electrons. The van der Waals surface area contributed by atoms with Crippen molar-refractivity contribution in [2.45, 2.75) is 13.5 Å². The first-order chi connectivity index (χ1) is 14.6. The molecule has 0 saturated carbocycles. The first kappa shape index (κ1) is 19.5. The van der Waals surface area contributed by atoms with Crippen LogP contribution in [0.5, 0.6) is 5.75 Å². The van der Waals surface area contributed by atoms with Crippen molar-refractivity contribution in [3.63, 3.8) is 0 Å². The van der Waals surface area contributed by atoms with Gasteiger partial charge in [-0.1, -0.05) is 60.2 Å². The minimum Gasteiger partial charge on any atom is -0.496 e. The summed E-state index contributed by atoms with van der Waals surface area (Å²) in [4.78, 5) is 13.2. The van der Waals surface area contributed by atoms with Crippen molar-refractivity contribution in [2.75, 3.05) is 12.4 Å². The molecular formula is C25H23N3O2. The summed E-state index contributed by atoms with van der Waals surface area (Å²) in [5.41, 5.74) is 4.85. The van der Waals surface area contributed by atoms with E-state index in [2.05, 4.69) is 5.32 Å². The van der Waals surface area contributed by atoms with E-state index in [0.717, 1.165) is 22.4 Å². The van der Waals surface area contributed by atoms with Crippen LogP contribution in [0.1, 0.15) is 21.5 Å². The number of ether oxygens (including phenoxy) is 1. The first-order valence-electron chi connectivity index (χ1n) is 9.77. The quantitative estimate of drug-likeness (QED) is 0.488. The average molecular weight is 397 g/mol. The van der Waals surface area contributed by atoms with Crippen LogP contribution in [0.4, 0.5) is 5.69 Å². The molecule has 0 atom stereocenters. The number of anilines is 1. The molecule has 0 spiro atoms.